The summed E-state index contributed by atoms with van der Waals surface area (Å²) in [6.45, 7) is 2.60. The van der Waals surface area contributed by atoms with Gasteiger partial charge in [-0.15, -0.1) is 0 Å². The molecular formula is C20H22BrFN4O3S. The van der Waals surface area contributed by atoms with Crippen LogP contribution in [0.1, 0.15) is 19.2 Å². The molecule has 1 amide bonds. The molecule has 1 aromatic heterocycles. The van der Waals surface area contributed by atoms with Crippen molar-refractivity contribution in [2.75, 3.05) is 19.4 Å². The number of nitrogens with zero attached hydrogens (tertiary/aromatic N) is 3. The Bertz CT molecular complexity index is 1210. The second kappa shape index (κ2) is 8.83. The van der Waals surface area contributed by atoms with Gasteiger partial charge in [-0.3, -0.25) is 4.79 Å². The molecule has 3 aromatic rings. The highest BCUT2D eigenvalue weighted by Crippen LogP contribution is 2.25. The molecule has 0 bridgehead atoms. The number of nitrogens with one attached hydrogen (secondary N) is 1. The summed E-state index contributed by atoms with van der Waals surface area (Å²) in [5.41, 5.74) is 1.87. The molecule has 0 aliphatic carbocycles. The number of hydrogen-bond donors (Lipinski definition) is 1. The van der Waals surface area contributed by atoms with E-state index in [1.54, 1.807) is 18.2 Å². The van der Waals surface area contributed by atoms with Crippen molar-refractivity contribution in [1.29, 1.82) is 0 Å². The molecule has 0 aliphatic rings. The lowest BCUT2D eigenvalue weighted by atomic mass is 10.2. The third-order valence-electron chi connectivity index (χ3n) is 4.67. The SMILES string of the molecule is CCn1c(CCC(=O)Nc2ccc(F)cc2Br)nc2cc(S(=O)(=O)N(C)C)ccc21. The summed E-state index contributed by atoms with van der Waals surface area (Å²) in [5.74, 6) is 0.0697. The van der Waals surface area contributed by atoms with E-state index >= 15 is 0 Å². The second-order valence-corrected chi connectivity index (χ2v) is 9.89. The first-order chi connectivity index (χ1) is 14.1. The molecule has 0 atom stereocenters. The van der Waals surface area contributed by atoms with Crippen molar-refractivity contribution in [2.45, 2.75) is 31.2 Å². The molecular weight excluding hydrogens is 475 g/mol. The number of rotatable bonds is 7. The molecule has 3 rings (SSSR count). The fourth-order valence-electron chi connectivity index (χ4n) is 3.10. The second-order valence-electron chi connectivity index (χ2n) is 6.88. The van der Waals surface area contributed by atoms with E-state index in [0.717, 1.165) is 9.82 Å². The highest BCUT2D eigenvalue weighted by molar-refractivity contribution is 9.10. The van der Waals surface area contributed by atoms with Gasteiger partial charge in [0.25, 0.3) is 0 Å². The first kappa shape index (κ1) is 22.4. The molecule has 7 nitrogen and oxygen atoms in total. The average Bonchev–Trinajstić information content (AvgIpc) is 3.05. The maximum atomic E-state index is 13.2. The molecule has 2 aromatic carbocycles. The van der Waals surface area contributed by atoms with Crippen molar-refractivity contribution in [3.8, 4) is 0 Å². The van der Waals surface area contributed by atoms with Crippen LogP contribution >= 0.6 is 15.9 Å². The highest BCUT2D eigenvalue weighted by Gasteiger charge is 2.20. The van der Waals surface area contributed by atoms with E-state index in [1.165, 1.54) is 32.3 Å². The van der Waals surface area contributed by atoms with Crippen molar-refractivity contribution in [2.24, 2.45) is 0 Å². The summed E-state index contributed by atoms with van der Waals surface area (Å²) >= 11 is 3.23. The monoisotopic (exact) mass is 496 g/mol. The maximum Gasteiger partial charge on any atom is 0.242 e. The van der Waals surface area contributed by atoms with Crippen molar-refractivity contribution >= 4 is 48.6 Å². The summed E-state index contributed by atoms with van der Waals surface area (Å²) < 4.78 is 41.5. The van der Waals surface area contributed by atoms with E-state index in [-0.39, 0.29) is 17.2 Å². The molecule has 1 N–H and O–H groups in total. The van der Waals surface area contributed by atoms with Crippen molar-refractivity contribution in [1.82, 2.24) is 13.9 Å². The number of aryl methyl sites for hydroxylation is 2. The van der Waals surface area contributed by atoms with Crippen molar-refractivity contribution < 1.29 is 17.6 Å². The molecule has 1 heterocycles. The molecule has 0 fully saturated rings. The van der Waals surface area contributed by atoms with E-state index < -0.39 is 15.8 Å². The Labute approximate surface area is 183 Å². The first-order valence-corrected chi connectivity index (χ1v) is 11.5. The minimum Gasteiger partial charge on any atom is -0.328 e. The van der Waals surface area contributed by atoms with E-state index in [4.69, 9.17) is 0 Å². The van der Waals surface area contributed by atoms with Crippen molar-refractivity contribution in [3.63, 3.8) is 0 Å². The zero-order chi connectivity index (χ0) is 22.1. The van der Waals surface area contributed by atoms with Crippen LogP contribution in [0.3, 0.4) is 0 Å². The molecule has 0 saturated carbocycles. The Kier molecular flexibility index (Phi) is 6.59. The number of aromatic nitrogens is 2. The van der Waals surface area contributed by atoms with Crippen LogP contribution in [0.4, 0.5) is 10.1 Å². The number of amides is 1. The summed E-state index contributed by atoms with van der Waals surface area (Å²) in [7, 11) is -0.598. The number of sulfonamides is 1. The third kappa shape index (κ3) is 4.55. The zero-order valence-electron chi connectivity index (χ0n) is 16.8. The van der Waals surface area contributed by atoms with Crippen LogP contribution in [0.2, 0.25) is 0 Å². The minimum atomic E-state index is -3.56. The van der Waals surface area contributed by atoms with Gasteiger partial charge in [-0.05, 0) is 59.3 Å². The van der Waals surface area contributed by atoms with Gasteiger partial charge in [-0.2, -0.15) is 0 Å². The predicted molar refractivity (Wildman–Crippen MR) is 117 cm³/mol. The minimum absolute atomic E-state index is 0.172. The Morgan fingerprint density at radius 1 is 1.23 bits per heavy atom. The molecule has 0 unspecified atom stereocenters. The molecule has 30 heavy (non-hydrogen) atoms. The molecule has 0 spiro atoms. The number of carbonyl (C=O) groups is 1. The van der Waals surface area contributed by atoms with Crippen LogP contribution in [0.25, 0.3) is 11.0 Å². The quantitative estimate of drug-likeness (QED) is 0.539. The number of hydrogen-bond acceptors (Lipinski definition) is 4. The molecule has 0 aliphatic heterocycles. The standard InChI is InChI=1S/C20H22BrFN4O3S/c1-4-26-18-8-6-14(30(28,29)25(2)3)12-17(18)23-19(26)9-10-20(27)24-16-7-5-13(22)11-15(16)21/h5-8,11-12H,4,9-10H2,1-3H3,(H,24,27). The predicted octanol–water partition coefficient (Wildman–Crippen LogP) is 3.78. The van der Waals surface area contributed by atoms with Gasteiger partial charge >= 0.3 is 0 Å². The fraction of sp³-hybridized carbons (Fsp3) is 0.300. The van der Waals surface area contributed by atoms with Crippen LogP contribution in [-0.4, -0.2) is 42.3 Å². The Morgan fingerprint density at radius 2 is 1.97 bits per heavy atom. The van der Waals surface area contributed by atoms with E-state index in [9.17, 15) is 17.6 Å². The van der Waals surface area contributed by atoms with E-state index in [1.807, 2.05) is 11.5 Å². The van der Waals surface area contributed by atoms with E-state index in [0.29, 0.717) is 34.5 Å². The lowest BCUT2D eigenvalue weighted by Gasteiger charge is -2.11. The molecule has 0 radical (unpaired) electrons. The summed E-state index contributed by atoms with van der Waals surface area (Å²) in [6, 6.07) is 8.90. The van der Waals surface area contributed by atoms with Crippen LogP contribution < -0.4 is 5.32 Å². The topological polar surface area (TPSA) is 84.3 Å². The lowest BCUT2D eigenvalue weighted by Crippen LogP contribution is -2.22. The molecule has 0 saturated heterocycles. The summed E-state index contributed by atoms with van der Waals surface area (Å²) in [4.78, 5) is 17.1. The number of halogens is 2. The lowest BCUT2D eigenvalue weighted by molar-refractivity contribution is -0.116. The number of anilines is 1. The maximum absolute atomic E-state index is 13.2. The van der Waals surface area contributed by atoms with Gasteiger partial charge in [0.2, 0.25) is 15.9 Å². The van der Waals surface area contributed by atoms with Crippen LogP contribution in [0.5, 0.6) is 0 Å². The van der Waals surface area contributed by atoms with Crippen LogP contribution in [0.15, 0.2) is 45.8 Å². The van der Waals surface area contributed by atoms with Crippen molar-refractivity contribution in [3.05, 3.63) is 52.5 Å². The van der Waals surface area contributed by atoms with Crippen LogP contribution in [0, 0.1) is 5.82 Å². The van der Waals surface area contributed by atoms with Gasteiger partial charge < -0.3 is 9.88 Å². The normalized spacial score (nSPS) is 11.9. The summed E-state index contributed by atoms with van der Waals surface area (Å²) in [6.07, 6.45) is 0.554. The number of imidazole rings is 1. The van der Waals surface area contributed by atoms with Gasteiger partial charge in [-0.1, -0.05) is 0 Å². The molecule has 160 valence electrons. The van der Waals surface area contributed by atoms with Gasteiger partial charge in [0.15, 0.2) is 0 Å². The zero-order valence-corrected chi connectivity index (χ0v) is 19.2. The van der Waals surface area contributed by atoms with Gasteiger partial charge in [0, 0.05) is 38.0 Å². The third-order valence-corrected chi connectivity index (χ3v) is 7.14. The first-order valence-electron chi connectivity index (χ1n) is 9.30. The Balaban J connectivity index is 1.81. The number of carbonyl (C=O) groups excluding carboxylic acids is 1. The Morgan fingerprint density at radius 3 is 2.60 bits per heavy atom. The van der Waals surface area contributed by atoms with Crippen LogP contribution in [-0.2, 0) is 27.8 Å². The molecule has 10 heteroatoms. The van der Waals surface area contributed by atoms with Gasteiger partial charge in [0.1, 0.15) is 11.6 Å². The summed E-state index contributed by atoms with van der Waals surface area (Å²) in [5, 5.41) is 2.75. The smallest absolute Gasteiger partial charge is 0.242 e. The number of fused-ring (bicyclic) bond motifs is 1. The van der Waals surface area contributed by atoms with Gasteiger partial charge in [-0.25, -0.2) is 22.1 Å². The van der Waals surface area contributed by atoms with Gasteiger partial charge in [0.05, 0.1) is 21.6 Å². The average molecular weight is 497 g/mol. The largest absolute Gasteiger partial charge is 0.328 e. The highest BCUT2D eigenvalue weighted by atomic mass is 79.9. The number of benzene rings is 2. The van der Waals surface area contributed by atoms with E-state index in [2.05, 4.69) is 26.2 Å². The Hall–Kier alpha value is -2.30. The fourth-order valence-corrected chi connectivity index (χ4v) is 4.48.